The molecule has 34 heavy (non-hydrogen) atoms. The van der Waals surface area contributed by atoms with Crippen molar-refractivity contribution in [2.75, 3.05) is 0 Å². The van der Waals surface area contributed by atoms with Gasteiger partial charge in [-0.15, -0.1) is 0 Å². The molecule has 7 rings (SSSR count). The number of nitrogens with zero attached hydrogens (tertiary/aromatic N) is 4. The highest BCUT2D eigenvalue weighted by atomic mass is 35.5. The van der Waals surface area contributed by atoms with E-state index in [0.717, 1.165) is 44.9 Å². The van der Waals surface area contributed by atoms with E-state index in [1.807, 2.05) is 42.6 Å². The lowest BCUT2D eigenvalue weighted by Crippen LogP contribution is -2.34. The van der Waals surface area contributed by atoms with E-state index in [-0.39, 0.29) is 11.9 Å². The lowest BCUT2D eigenvalue weighted by molar-refractivity contribution is -0.122. The summed E-state index contributed by atoms with van der Waals surface area (Å²) < 4.78 is 2.12. The average Bonchev–Trinajstić information content (AvgIpc) is 3.62. The second kappa shape index (κ2) is 7.16. The monoisotopic (exact) mass is 467 g/mol. The van der Waals surface area contributed by atoms with Crippen LogP contribution in [-0.2, 0) is 4.79 Å². The van der Waals surface area contributed by atoms with Crippen LogP contribution in [0, 0.1) is 0 Å². The number of amides is 1. The van der Waals surface area contributed by atoms with Gasteiger partial charge in [-0.2, -0.15) is 0 Å². The second-order valence-electron chi connectivity index (χ2n) is 8.49. The molecule has 2 aliphatic heterocycles. The van der Waals surface area contributed by atoms with Crippen molar-refractivity contribution in [3.8, 4) is 17.1 Å². The van der Waals surface area contributed by atoms with E-state index < -0.39 is 5.92 Å². The molecule has 3 N–H and O–H groups in total. The third-order valence-electron chi connectivity index (χ3n) is 6.57. The number of hydrogen-bond donors (Lipinski definition) is 3. The summed E-state index contributed by atoms with van der Waals surface area (Å²) in [6.07, 6.45) is 7.69. The van der Waals surface area contributed by atoms with Crippen molar-refractivity contribution in [2.45, 2.75) is 18.4 Å². The Hall–Kier alpha value is -4.17. The Kier molecular flexibility index (Phi) is 4.07. The third-order valence-corrected chi connectivity index (χ3v) is 6.81. The molecule has 2 unspecified atom stereocenters. The largest absolute Gasteiger partial charge is 0.346 e. The fraction of sp³-hybridized carbons (Fsp3) is 0.120. The van der Waals surface area contributed by atoms with Crippen molar-refractivity contribution < 1.29 is 4.79 Å². The van der Waals surface area contributed by atoms with Gasteiger partial charge in [0.2, 0.25) is 5.91 Å². The Morgan fingerprint density at radius 1 is 1.15 bits per heavy atom. The van der Waals surface area contributed by atoms with Gasteiger partial charge in [0.1, 0.15) is 16.8 Å². The molecule has 8 nitrogen and oxygen atoms in total. The van der Waals surface area contributed by atoms with Crippen LogP contribution in [0.3, 0.4) is 0 Å². The smallest absolute Gasteiger partial charge is 0.228 e. The third kappa shape index (κ3) is 2.78. The van der Waals surface area contributed by atoms with Crippen LogP contribution < -0.4 is 5.32 Å². The van der Waals surface area contributed by atoms with E-state index in [2.05, 4.69) is 35.9 Å². The Morgan fingerprint density at radius 2 is 2.09 bits per heavy atom. The first-order valence-corrected chi connectivity index (χ1v) is 11.4. The fourth-order valence-corrected chi connectivity index (χ4v) is 5.29. The number of imidazole rings is 1. The number of carbonyl (C=O) groups excluding carboxylic acids is 1. The van der Waals surface area contributed by atoms with Crippen LogP contribution >= 0.6 is 11.6 Å². The van der Waals surface area contributed by atoms with Gasteiger partial charge in [-0.3, -0.25) is 9.78 Å². The van der Waals surface area contributed by atoms with Crippen molar-refractivity contribution >= 4 is 39.5 Å². The number of pyridine rings is 1. The van der Waals surface area contributed by atoms with E-state index in [0.29, 0.717) is 17.4 Å². The zero-order chi connectivity index (χ0) is 22.8. The summed E-state index contributed by atoms with van der Waals surface area (Å²) in [5.74, 6) is 0.927. The number of benzene rings is 1. The Labute approximate surface area is 198 Å². The van der Waals surface area contributed by atoms with Crippen LogP contribution in [0.5, 0.6) is 0 Å². The number of aliphatic imine (C=N–C) groups is 1. The van der Waals surface area contributed by atoms with Gasteiger partial charge in [-0.1, -0.05) is 23.7 Å². The topological polar surface area (TPSA) is 104 Å². The van der Waals surface area contributed by atoms with Gasteiger partial charge in [0.25, 0.3) is 0 Å². The lowest BCUT2D eigenvalue weighted by Gasteiger charge is -2.22. The van der Waals surface area contributed by atoms with Crippen LogP contribution in [0.1, 0.15) is 35.2 Å². The minimum atomic E-state index is -0.398. The van der Waals surface area contributed by atoms with Gasteiger partial charge in [-0.25, -0.2) is 9.98 Å². The molecule has 2 atom stereocenters. The number of carbonyl (C=O) groups is 1. The van der Waals surface area contributed by atoms with E-state index in [1.165, 1.54) is 0 Å². The normalized spacial score (nSPS) is 18.3. The van der Waals surface area contributed by atoms with Gasteiger partial charge >= 0.3 is 0 Å². The summed E-state index contributed by atoms with van der Waals surface area (Å²) in [6.45, 7) is 0. The standard InChI is InChI=1S/C25H18ClN7O/c26-20-11-16(13-6-9-28-23(13)31-20)25(34)32-21-14-3-1-4-15(22(14)33-10-2-5-19(21)33)24-29-17-7-8-27-12-18(17)30-24/h1-10,12,16,21,28H,11H2,(H,29,30)(H,32,34). The van der Waals surface area contributed by atoms with Crippen molar-refractivity contribution in [3.05, 3.63) is 84.1 Å². The zero-order valence-corrected chi connectivity index (χ0v) is 18.5. The molecule has 4 aromatic heterocycles. The van der Waals surface area contributed by atoms with Crippen LogP contribution in [0.4, 0.5) is 5.82 Å². The van der Waals surface area contributed by atoms with Crippen LogP contribution in [0.2, 0.25) is 0 Å². The first kappa shape index (κ1) is 19.3. The molecular weight excluding hydrogens is 450 g/mol. The maximum atomic E-state index is 13.5. The van der Waals surface area contributed by atoms with Crippen molar-refractivity contribution in [2.24, 2.45) is 4.99 Å². The first-order valence-electron chi connectivity index (χ1n) is 11.0. The lowest BCUT2D eigenvalue weighted by atomic mass is 9.93. The molecule has 0 spiro atoms. The summed E-state index contributed by atoms with van der Waals surface area (Å²) in [5, 5.41) is 3.70. The number of aromatic amines is 2. The van der Waals surface area contributed by atoms with Crippen LogP contribution in [0.25, 0.3) is 28.1 Å². The highest BCUT2D eigenvalue weighted by Gasteiger charge is 2.36. The number of aromatic nitrogens is 5. The molecule has 9 heteroatoms. The summed E-state index contributed by atoms with van der Waals surface area (Å²) in [5.41, 5.74) is 6.58. The van der Waals surface area contributed by atoms with E-state index >= 15 is 0 Å². The highest BCUT2D eigenvalue weighted by molar-refractivity contribution is 6.66. The molecule has 166 valence electrons. The second-order valence-corrected chi connectivity index (χ2v) is 8.93. The molecule has 0 bridgehead atoms. The number of para-hydroxylation sites is 1. The zero-order valence-electron chi connectivity index (χ0n) is 17.8. The average molecular weight is 468 g/mol. The maximum Gasteiger partial charge on any atom is 0.228 e. The first-order chi connectivity index (χ1) is 16.7. The van der Waals surface area contributed by atoms with Crippen LogP contribution in [0.15, 0.2) is 72.2 Å². The van der Waals surface area contributed by atoms with Gasteiger partial charge in [0, 0.05) is 47.4 Å². The molecule has 0 aliphatic carbocycles. The number of hydrogen-bond acceptors (Lipinski definition) is 4. The summed E-state index contributed by atoms with van der Waals surface area (Å²) in [6, 6.07) is 13.6. The number of H-pyrrole nitrogens is 2. The molecule has 0 fully saturated rings. The van der Waals surface area contributed by atoms with Crippen molar-refractivity contribution in [3.63, 3.8) is 0 Å². The maximum absolute atomic E-state index is 13.5. The quantitative estimate of drug-likeness (QED) is 0.357. The molecule has 6 heterocycles. The number of rotatable bonds is 3. The molecule has 1 aromatic carbocycles. The van der Waals surface area contributed by atoms with Crippen molar-refractivity contribution in [1.29, 1.82) is 0 Å². The minimum absolute atomic E-state index is 0.0836. The predicted molar refractivity (Wildman–Crippen MR) is 130 cm³/mol. The van der Waals surface area contributed by atoms with Gasteiger partial charge in [0.05, 0.1) is 34.9 Å². The number of fused-ring (bicyclic) bond motifs is 5. The molecule has 5 aromatic rings. The SMILES string of the molecule is O=C(NC1c2cccc(-c3nc4ccncc4[nH]3)c2-n2cccc21)C1CC(Cl)=Nc2[nH]ccc21. The molecule has 0 saturated carbocycles. The number of nitrogens with one attached hydrogen (secondary N) is 3. The van der Waals surface area contributed by atoms with Gasteiger partial charge in [-0.05, 0) is 30.3 Å². The molecule has 0 saturated heterocycles. The summed E-state index contributed by atoms with van der Waals surface area (Å²) in [7, 11) is 0. The summed E-state index contributed by atoms with van der Waals surface area (Å²) >= 11 is 6.25. The Bertz CT molecular complexity index is 1590. The Morgan fingerprint density at radius 3 is 3.00 bits per heavy atom. The molecule has 0 radical (unpaired) electrons. The van der Waals surface area contributed by atoms with Crippen molar-refractivity contribution in [1.82, 2.24) is 29.8 Å². The van der Waals surface area contributed by atoms with E-state index in [4.69, 9.17) is 16.6 Å². The Balaban J connectivity index is 1.30. The highest BCUT2D eigenvalue weighted by Crippen LogP contribution is 2.42. The summed E-state index contributed by atoms with van der Waals surface area (Å²) in [4.78, 5) is 33.2. The molecular formula is C25H18ClN7O. The van der Waals surface area contributed by atoms with Gasteiger partial charge < -0.3 is 19.9 Å². The predicted octanol–water partition coefficient (Wildman–Crippen LogP) is 4.72. The fourth-order valence-electron chi connectivity index (χ4n) is 5.06. The minimum Gasteiger partial charge on any atom is -0.346 e. The number of halogens is 1. The van der Waals surface area contributed by atoms with Crippen LogP contribution in [-0.4, -0.2) is 35.6 Å². The van der Waals surface area contributed by atoms with E-state index in [1.54, 1.807) is 18.6 Å². The van der Waals surface area contributed by atoms with Gasteiger partial charge in [0.15, 0.2) is 0 Å². The molecule has 2 aliphatic rings. The molecule has 1 amide bonds. The van der Waals surface area contributed by atoms with E-state index in [9.17, 15) is 4.79 Å².